The van der Waals surface area contributed by atoms with Gasteiger partial charge in [-0.25, -0.2) is 4.68 Å². The number of aromatic nitrogens is 2. The third-order valence-electron chi connectivity index (χ3n) is 6.50. The lowest BCUT2D eigenvalue weighted by molar-refractivity contribution is -0.170. The lowest BCUT2D eigenvalue weighted by atomic mass is 9.49. The van der Waals surface area contributed by atoms with Crippen molar-refractivity contribution in [1.82, 2.24) is 9.78 Å². The van der Waals surface area contributed by atoms with Gasteiger partial charge >= 0.3 is 5.97 Å². The van der Waals surface area contributed by atoms with Gasteiger partial charge in [0.05, 0.1) is 11.1 Å². The Kier molecular flexibility index (Phi) is 3.78. The Morgan fingerprint density at radius 3 is 2.54 bits per heavy atom. The van der Waals surface area contributed by atoms with Crippen LogP contribution in [0, 0.1) is 17.3 Å². The summed E-state index contributed by atoms with van der Waals surface area (Å²) in [5.41, 5.74) is 1.78. The minimum Gasteiger partial charge on any atom is -0.460 e. The zero-order valence-electron chi connectivity index (χ0n) is 14.7. The Labute approximate surface area is 162 Å². The Hall–Kier alpha value is -1.62. The van der Waals surface area contributed by atoms with Crippen molar-refractivity contribution in [2.75, 3.05) is 0 Å². The fourth-order valence-electron chi connectivity index (χ4n) is 5.86. The topological polar surface area (TPSA) is 44.1 Å². The van der Waals surface area contributed by atoms with Crippen LogP contribution in [0.4, 0.5) is 0 Å². The van der Waals surface area contributed by atoms with E-state index in [1.165, 1.54) is 19.3 Å². The molecule has 0 N–H and O–H groups in total. The van der Waals surface area contributed by atoms with Crippen LogP contribution in [0.3, 0.4) is 0 Å². The predicted octanol–water partition coefficient (Wildman–Crippen LogP) is 4.65. The number of nitrogens with zero attached hydrogens (tertiary/aromatic N) is 2. The number of hydrogen-bond acceptors (Lipinski definition) is 3. The molecule has 2 unspecified atom stereocenters. The number of hydrogen-bond donors (Lipinski definition) is 0. The second kappa shape index (κ2) is 5.95. The summed E-state index contributed by atoms with van der Waals surface area (Å²) in [6.45, 7) is 0.352. The van der Waals surface area contributed by atoms with Gasteiger partial charge < -0.3 is 4.74 Å². The van der Waals surface area contributed by atoms with E-state index in [2.05, 4.69) is 21.0 Å². The summed E-state index contributed by atoms with van der Waals surface area (Å²) in [7, 11) is 0. The molecule has 0 saturated heterocycles. The Bertz CT molecular complexity index is 801. The highest BCUT2D eigenvalue weighted by Gasteiger charge is 2.60. The molecule has 26 heavy (non-hydrogen) atoms. The van der Waals surface area contributed by atoms with E-state index < -0.39 is 0 Å². The van der Waals surface area contributed by atoms with E-state index >= 15 is 0 Å². The van der Waals surface area contributed by atoms with Crippen LogP contribution in [0.25, 0.3) is 5.69 Å². The van der Waals surface area contributed by atoms with Crippen molar-refractivity contribution < 1.29 is 9.53 Å². The minimum atomic E-state index is -0.247. The lowest BCUT2D eigenvalue weighted by Gasteiger charge is -2.58. The van der Waals surface area contributed by atoms with E-state index in [0.29, 0.717) is 18.4 Å². The van der Waals surface area contributed by atoms with Crippen LogP contribution >= 0.6 is 15.9 Å². The molecule has 136 valence electrons. The zero-order chi connectivity index (χ0) is 17.8. The molecule has 2 aromatic rings. The normalized spacial score (nSPS) is 34.8. The summed E-state index contributed by atoms with van der Waals surface area (Å²) in [4.78, 5) is 13.0. The van der Waals surface area contributed by atoms with E-state index in [9.17, 15) is 4.79 Å². The molecule has 4 aliphatic rings. The van der Waals surface area contributed by atoms with Crippen LogP contribution in [0.15, 0.2) is 42.7 Å². The zero-order valence-corrected chi connectivity index (χ0v) is 16.3. The van der Waals surface area contributed by atoms with E-state index in [0.717, 1.165) is 30.5 Å². The van der Waals surface area contributed by atoms with Crippen LogP contribution in [0.2, 0.25) is 0 Å². The van der Waals surface area contributed by atoms with Crippen LogP contribution in [-0.2, 0) is 16.1 Å². The first-order chi connectivity index (χ1) is 12.5. The van der Waals surface area contributed by atoms with Crippen LogP contribution < -0.4 is 0 Å². The highest BCUT2D eigenvalue weighted by atomic mass is 79.9. The standard InChI is InChI=1S/C21H23BrN2O2/c22-21-11-16-8-17(12-21)10-20(9-16,14-21)19(25)26-13-15-2-4-18(5-3-15)24-7-1-6-23-24/h1-7,16-17H,8-14H2. The second-order valence-electron chi connectivity index (χ2n) is 8.59. The monoisotopic (exact) mass is 414 g/mol. The largest absolute Gasteiger partial charge is 0.460 e. The highest BCUT2D eigenvalue weighted by molar-refractivity contribution is 9.10. The molecule has 5 heteroatoms. The maximum absolute atomic E-state index is 13.0. The van der Waals surface area contributed by atoms with Gasteiger partial charge in [0.2, 0.25) is 0 Å². The molecule has 6 rings (SSSR count). The van der Waals surface area contributed by atoms with Gasteiger partial charge in [0.15, 0.2) is 0 Å². The number of ether oxygens (including phenoxy) is 1. The smallest absolute Gasteiger partial charge is 0.312 e. The fraction of sp³-hybridized carbons (Fsp3) is 0.524. The molecule has 1 heterocycles. The Balaban J connectivity index is 1.26. The molecule has 4 saturated carbocycles. The molecule has 0 aliphatic heterocycles. The molecule has 4 fully saturated rings. The van der Waals surface area contributed by atoms with Crippen molar-refractivity contribution in [3.8, 4) is 5.69 Å². The Morgan fingerprint density at radius 1 is 1.19 bits per heavy atom. The fourth-order valence-corrected chi connectivity index (χ4v) is 7.31. The number of rotatable bonds is 4. The van der Waals surface area contributed by atoms with Crippen molar-refractivity contribution in [2.24, 2.45) is 17.3 Å². The van der Waals surface area contributed by atoms with Crippen LogP contribution in [-0.4, -0.2) is 20.1 Å². The molecule has 4 aliphatic carbocycles. The average molecular weight is 415 g/mol. The number of carbonyl (C=O) groups is 1. The van der Waals surface area contributed by atoms with Gasteiger partial charge in [-0.3, -0.25) is 4.79 Å². The van der Waals surface area contributed by atoms with Crippen LogP contribution in [0.5, 0.6) is 0 Å². The number of esters is 1. The van der Waals surface area contributed by atoms with Crippen LogP contribution in [0.1, 0.15) is 44.1 Å². The molecule has 1 aromatic heterocycles. The average Bonchev–Trinajstić information content (AvgIpc) is 3.12. The third-order valence-corrected chi connectivity index (χ3v) is 7.43. The van der Waals surface area contributed by atoms with Gasteiger partial charge in [0.1, 0.15) is 6.61 Å². The van der Waals surface area contributed by atoms with Crippen molar-refractivity contribution in [3.63, 3.8) is 0 Å². The first kappa shape index (κ1) is 16.5. The molecule has 0 spiro atoms. The van der Waals surface area contributed by atoms with Gasteiger partial charge in [-0.1, -0.05) is 28.1 Å². The number of halogens is 1. The van der Waals surface area contributed by atoms with Crippen molar-refractivity contribution in [1.29, 1.82) is 0 Å². The summed E-state index contributed by atoms with van der Waals surface area (Å²) in [6.07, 6.45) is 10.4. The molecular weight excluding hydrogens is 392 g/mol. The summed E-state index contributed by atoms with van der Waals surface area (Å²) in [5, 5.41) is 4.23. The third kappa shape index (κ3) is 2.81. The van der Waals surface area contributed by atoms with Gasteiger partial charge in [0, 0.05) is 16.7 Å². The number of alkyl halides is 1. The van der Waals surface area contributed by atoms with E-state index in [4.69, 9.17) is 4.74 Å². The van der Waals surface area contributed by atoms with Gasteiger partial charge in [-0.05, 0) is 74.1 Å². The Morgan fingerprint density at radius 2 is 1.92 bits per heavy atom. The first-order valence-corrected chi connectivity index (χ1v) is 10.3. The SMILES string of the molecule is O=C(OCc1ccc(-n2cccn2)cc1)C12CC3CC(CC(Br)(C3)C1)C2. The lowest BCUT2D eigenvalue weighted by Crippen LogP contribution is -2.56. The van der Waals surface area contributed by atoms with Crippen molar-refractivity contribution in [2.45, 2.75) is 49.5 Å². The molecule has 1 aromatic carbocycles. The molecule has 2 atom stereocenters. The van der Waals surface area contributed by atoms with Gasteiger partial charge in [0.25, 0.3) is 0 Å². The summed E-state index contributed by atoms with van der Waals surface area (Å²) in [6, 6.07) is 9.94. The quantitative estimate of drug-likeness (QED) is 0.540. The van der Waals surface area contributed by atoms with Gasteiger partial charge in [-0.2, -0.15) is 5.10 Å². The maximum Gasteiger partial charge on any atom is 0.312 e. The van der Waals surface area contributed by atoms with E-state index in [1.807, 2.05) is 41.2 Å². The predicted molar refractivity (Wildman–Crippen MR) is 102 cm³/mol. The van der Waals surface area contributed by atoms with Crippen molar-refractivity contribution in [3.05, 3.63) is 48.3 Å². The number of carbonyl (C=O) groups excluding carboxylic acids is 1. The van der Waals surface area contributed by atoms with E-state index in [1.54, 1.807) is 6.20 Å². The summed E-state index contributed by atoms with van der Waals surface area (Å²) >= 11 is 3.97. The van der Waals surface area contributed by atoms with Gasteiger partial charge in [-0.15, -0.1) is 0 Å². The molecule has 0 radical (unpaired) electrons. The minimum absolute atomic E-state index is 0.0200. The van der Waals surface area contributed by atoms with E-state index in [-0.39, 0.29) is 15.7 Å². The second-order valence-corrected chi connectivity index (χ2v) is 10.3. The number of benzene rings is 1. The molecular formula is C21H23BrN2O2. The first-order valence-electron chi connectivity index (χ1n) is 9.49. The summed E-state index contributed by atoms with van der Waals surface area (Å²) < 4.78 is 7.81. The maximum atomic E-state index is 13.0. The molecule has 4 nitrogen and oxygen atoms in total. The highest BCUT2D eigenvalue weighted by Crippen LogP contribution is 2.64. The molecule has 4 bridgehead atoms. The van der Waals surface area contributed by atoms with Crippen molar-refractivity contribution >= 4 is 21.9 Å². The summed E-state index contributed by atoms with van der Waals surface area (Å²) in [5.74, 6) is 1.40. The molecule has 0 amide bonds.